The van der Waals surface area contributed by atoms with E-state index in [-0.39, 0.29) is 28.7 Å². The fourth-order valence-corrected chi connectivity index (χ4v) is 3.65. The van der Waals surface area contributed by atoms with Crippen molar-refractivity contribution in [3.8, 4) is 6.07 Å². The Balaban J connectivity index is 3.08. The summed E-state index contributed by atoms with van der Waals surface area (Å²) in [6.45, 7) is 3.60. The lowest BCUT2D eigenvalue weighted by atomic mass is 10.1. The van der Waals surface area contributed by atoms with Crippen LogP contribution in [0.2, 0.25) is 5.02 Å². The van der Waals surface area contributed by atoms with Crippen LogP contribution >= 0.6 is 11.6 Å². The van der Waals surface area contributed by atoms with Gasteiger partial charge in [0.15, 0.2) is 0 Å². The number of carboxylic acid groups (broad SMARTS) is 1. The van der Waals surface area contributed by atoms with E-state index in [1.807, 2.05) is 6.07 Å². The van der Waals surface area contributed by atoms with Crippen LogP contribution in [0.5, 0.6) is 0 Å². The topological polar surface area (TPSA) is 107 Å². The van der Waals surface area contributed by atoms with Crippen LogP contribution in [-0.2, 0) is 21.2 Å². The molecule has 0 saturated carbocycles. The summed E-state index contributed by atoms with van der Waals surface area (Å²) in [6.07, 6.45) is 0.275. The summed E-state index contributed by atoms with van der Waals surface area (Å²) < 4.78 is 26.7. The van der Waals surface area contributed by atoms with Gasteiger partial charge in [0.25, 0.3) is 0 Å². The van der Waals surface area contributed by atoms with E-state index in [0.29, 0.717) is 5.56 Å². The summed E-state index contributed by atoms with van der Waals surface area (Å²) in [5.74, 6) is -1.23. The van der Waals surface area contributed by atoms with Crippen molar-refractivity contribution < 1.29 is 18.3 Å². The molecule has 0 saturated heterocycles. The molecule has 0 bridgehead atoms. The highest BCUT2D eigenvalue weighted by Gasteiger charge is 2.27. The summed E-state index contributed by atoms with van der Waals surface area (Å²) >= 11 is 5.94. The van der Waals surface area contributed by atoms with Crippen LogP contribution in [0.3, 0.4) is 0 Å². The van der Waals surface area contributed by atoms with E-state index in [1.165, 1.54) is 18.2 Å². The lowest BCUT2D eigenvalue weighted by Gasteiger charge is -2.17. The molecule has 1 aromatic rings. The van der Waals surface area contributed by atoms with Crippen molar-refractivity contribution in [2.24, 2.45) is 5.92 Å². The molecule has 0 heterocycles. The highest BCUT2D eigenvalue weighted by atomic mass is 35.5. The molecular formula is C14H17ClN2O4S. The molecule has 0 spiro atoms. The van der Waals surface area contributed by atoms with E-state index in [0.717, 1.165) is 0 Å². The Labute approximate surface area is 134 Å². The predicted molar refractivity (Wildman–Crippen MR) is 82.0 cm³/mol. The molecule has 0 fully saturated rings. The molecule has 0 aliphatic rings. The van der Waals surface area contributed by atoms with Gasteiger partial charge in [-0.3, -0.25) is 4.79 Å². The number of rotatable bonds is 7. The van der Waals surface area contributed by atoms with E-state index in [2.05, 4.69) is 4.72 Å². The van der Waals surface area contributed by atoms with Gasteiger partial charge in [-0.15, -0.1) is 0 Å². The maximum atomic E-state index is 12.3. The largest absolute Gasteiger partial charge is 0.480 e. The van der Waals surface area contributed by atoms with E-state index < -0.39 is 22.0 Å². The first-order valence-electron chi connectivity index (χ1n) is 6.58. The Hall–Kier alpha value is -1.62. The van der Waals surface area contributed by atoms with E-state index >= 15 is 0 Å². The van der Waals surface area contributed by atoms with E-state index in [9.17, 15) is 13.2 Å². The second kappa shape index (κ2) is 7.58. The van der Waals surface area contributed by atoms with Crippen molar-refractivity contribution in [2.45, 2.75) is 37.6 Å². The molecule has 120 valence electrons. The van der Waals surface area contributed by atoms with E-state index in [1.54, 1.807) is 13.8 Å². The molecule has 0 aliphatic carbocycles. The molecule has 0 unspecified atom stereocenters. The van der Waals surface area contributed by atoms with Crippen LogP contribution in [0.15, 0.2) is 23.1 Å². The zero-order chi connectivity index (χ0) is 16.9. The number of nitrogens with zero attached hydrogens (tertiary/aromatic N) is 1. The minimum Gasteiger partial charge on any atom is -0.480 e. The Morgan fingerprint density at radius 3 is 2.55 bits per heavy atom. The number of carbonyl (C=O) groups is 1. The van der Waals surface area contributed by atoms with Gasteiger partial charge in [0.05, 0.1) is 17.5 Å². The summed E-state index contributed by atoms with van der Waals surface area (Å²) in [6, 6.07) is 4.84. The summed E-state index contributed by atoms with van der Waals surface area (Å²) in [7, 11) is -4.06. The van der Waals surface area contributed by atoms with Crippen molar-refractivity contribution in [1.29, 1.82) is 5.26 Å². The zero-order valence-corrected chi connectivity index (χ0v) is 13.8. The van der Waals surface area contributed by atoms with Crippen molar-refractivity contribution in [3.05, 3.63) is 28.8 Å². The van der Waals surface area contributed by atoms with Crippen LogP contribution in [0.1, 0.15) is 25.8 Å². The standard InChI is InChI=1S/C14H17ClN2O4S/c1-9(2)7-12(14(18)19)17-22(20,21)13-4-3-10(5-6-16)8-11(13)15/h3-4,8-9,12,17H,5,7H2,1-2H3,(H,18,19)/t12-/m1/s1. The van der Waals surface area contributed by atoms with Crippen LogP contribution < -0.4 is 4.72 Å². The highest BCUT2D eigenvalue weighted by Crippen LogP contribution is 2.23. The van der Waals surface area contributed by atoms with Crippen LogP contribution in [0, 0.1) is 17.2 Å². The minimum atomic E-state index is -4.06. The summed E-state index contributed by atoms with van der Waals surface area (Å²) in [4.78, 5) is 11.0. The van der Waals surface area contributed by atoms with E-state index in [4.69, 9.17) is 22.0 Å². The average molecular weight is 345 g/mol. The van der Waals surface area contributed by atoms with Gasteiger partial charge in [-0.25, -0.2) is 8.42 Å². The Morgan fingerprint density at radius 1 is 1.45 bits per heavy atom. The molecule has 2 N–H and O–H groups in total. The molecule has 1 rings (SSSR count). The second-order valence-electron chi connectivity index (χ2n) is 5.24. The number of sulfonamides is 1. The molecule has 0 aliphatic heterocycles. The molecule has 1 aromatic carbocycles. The maximum Gasteiger partial charge on any atom is 0.321 e. The van der Waals surface area contributed by atoms with Gasteiger partial charge in [-0.1, -0.05) is 31.5 Å². The lowest BCUT2D eigenvalue weighted by molar-refractivity contribution is -0.139. The monoisotopic (exact) mass is 344 g/mol. The number of aliphatic carboxylic acids is 1. The first-order chi connectivity index (χ1) is 10.2. The van der Waals surface area contributed by atoms with Gasteiger partial charge in [-0.2, -0.15) is 9.98 Å². The van der Waals surface area contributed by atoms with Crippen molar-refractivity contribution in [3.63, 3.8) is 0 Å². The van der Waals surface area contributed by atoms with Crippen LogP contribution in [0.4, 0.5) is 0 Å². The molecule has 22 heavy (non-hydrogen) atoms. The van der Waals surface area contributed by atoms with Gasteiger partial charge in [-0.05, 0) is 30.0 Å². The highest BCUT2D eigenvalue weighted by molar-refractivity contribution is 7.89. The van der Waals surface area contributed by atoms with Gasteiger partial charge in [0.1, 0.15) is 10.9 Å². The predicted octanol–water partition coefficient (Wildman–Crippen LogP) is 2.18. The summed E-state index contributed by atoms with van der Waals surface area (Å²) in [5, 5.41) is 17.7. The van der Waals surface area contributed by atoms with Crippen molar-refractivity contribution in [1.82, 2.24) is 4.72 Å². The summed E-state index contributed by atoms with van der Waals surface area (Å²) in [5.41, 5.74) is 0.586. The molecule has 0 radical (unpaired) electrons. The Bertz CT molecular complexity index is 695. The molecule has 0 amide bonds. The number of halogens is 1. The number of hydrogen-bond acceptors (Lipinski definition) is 4. The van der Waals surface area contributed by atoms with Gasteiger partial charge >= 0.3 is 5.97 Å². The average Bonchev–Trinajstić information content (AvgIpc) is 2.37. The molecule has 8 heteroatoms. The fraction of sp³-hybridized carbons (Fsp3) is 0.429. The molecule has 1 atom stereocenters. The number of nitrogens with one attached hydrogen (secondary N) is 1. The number of benzene rings is 1. The number of hydrogen-bond donors (Lipinski definition) is 2. The first-order valence-corrected chi connectivity index (χ1v) is 8.44. The SMILES string of the molecule is CC(C)C[C@@H](NS(=O)(=O)c1ccc(CC#N)cc1Cl)C(=O)O. The number of nitriles is 1. The first kappa shape index (κ1) is 18.4. The second-order valence-corrected chi connectivity index (χ2v) is 7.33. The molecule has 0 aromatic heterocycles. The van der Waals surface area contributed by atoms with Crippen molar-refractivity contribution in [2.75, 3.05) is 0 Å². The van der Waals surface area contributed by atoms with Crippen LogP contribution in [-0.4, -0.2) is 25.5 Å². The fourth-order valence-electron chi connectivity index (χ4n) is 1.89. The van der Waals surface area contributed by atoms with Crippen LogP contribution in [0.25, 0.3) is 0 Å². The third-order valence-corrected chi connectivity index (χ3v) is 4.83. The third-order valence-electron chi connectivity index (χ3n) is 2.87. The Morgan fingerprint density at radius 2 is 2.09 bits per heavy atom. The Kier molecular flexibility index (Phi) is 6.35. The smallest absolute Gasteiger partial charge is 0.321 e. The molecule has 6 nitrogen and oxygen atoms in total. The van der Waals surface area contributed by atoms with Gasteiger partial charge < -0.3 is 5.11 Å². The van der Waals surface area contributed by atoms with Crippen molar-refractivity contribution >= 4 is 27.6 Å². The zero-order valence-electron chi connectivity index (χ0n) is 12.2. The third kappa shape index (κ3) is 4.98. The molecular weight excluding hydrogens is 328 g/mol. The maximum absolute atomic E-state index is 12.3. The van der Waals surface area contributed by atoms with Gasteiger partial charge in [0, 0.05) is 0 Å². The lowest BCUT2D eigenvalue weighted by Crippen LogP contribution is -2.41. The quantitative estimate of drug-likeness (QED) is 0.788. The minimum absolute atomic E-state index is 0.0114. The van der Waals surface area contributed by atoms with Gasteiger partial charge in [0.2, 0.25) is 10.0 Å². The number of carboxylic acids is 1. The normalized spacial score (nSPS) is 12.9.